The predicted molar refractivity (Wildman–Crippen MR) is 99.4 cm³/mol. The molecule has 0 saturated heterocycles. The van der Waals surface area contributed by atoms with Gasteiger partial charge in [-0.05, 0) is 30.2 Å². The second kappa shape index (κ2) is 9.30. The van der Waals surface area contributed by atoms with Crippen LogP contribution in [0.25, 0.3) is 0 Å². The van der Waals surface area contributed by atoms with Gasteiger partial charge >= 0.3 is 0 Å². The molecule has 0 aliphatic carbocycles. The van der Waals surface area contributed by atoms with Crippen LogP contribution in [0.3, 0.4) is 0 Å². The largest absolute Gasteiger partial charge is 0.482 e. The van der Waals surface area contributed by atoms with Crippen LogP contribution in [0, 0.1) is 0 Å². The van der Waals surface area contributed by atoms with Crippen molar-refractivity contribution in [1.82, 2.24) is 5.32 Å². The van der Waals surface area contributed by atoms with Gasteiger partial charge in [0, 0.05) is 16.8 Å². The molecule has 0 aliphatic rings. The molecule has 0 aromatic heterocycles. The Morgan fingerprint density at radius 2 is 1.84 bits per heavy atom. The number of anilines is 1. The van der Waals surface area contributed by atoms with Crippen molar-refractivity contribution in [1.29, 1.82) is 0 Å². The first-order valence-electron chi connectivity index (χ1n) is 7.72. The highest BCUT2D eigenvalue weighted by molar-refractivity contribution is 6.34. The first kappa shape index (κ1) is 19.1. The summed E-state index contributed by atoms with van der Waals surface area (Å²) < 4.78 is 5.31. The number of aryl methyl sites for hydroxylation is 1. The van der Waals surface area contributed by atoms with E-state index in [1.165, 1.54) is 6.07 Å². The average molecular weight is 381 g/mol. The molecule has 7 heteroatoms. The van der Waals surface area contributed by atoms with Crippen molar-refractivity contribution in [3.63, 3.8) is 0 Å². The Morgan fingerprint density at radius 1 is 1.08 bits per heavy atom. The minimum Gasteiger partial charge on any atom is -0.482 e. The fourth-order valence-electron chi connectivity index (χ4n) is 2.11. The Hall–Kier alpha value is -2.24. The third-order valence-electron chi connectivity index (χ3n) is 3.37. The summed E-state index contributed by atoms with van der Waals surface area (Å²) in [6.45, 7) is 1.59. The van der Waals surface area contributed by atoms with Gasteiger partial charge in [-0.2, -0.15) is 0 Å². The number of nitrogens with one attached hydrogen (secondary N) is 2. The third kappa shape index (κ3) is 5.96. The summed E-state index contributed by atoms with van der Waals surface area (Å²) in [4.78, 5) is 23.8. The summed E-state index contributed by atoms with van der Waals surface area (Å²) >= 11 is 11.8. The van der Waals surface area contributed by atoms with Gasteiger partial charge in [-0.25, -0.2) is 0 Å². The van der Waals surface area contributed by atoms with Crippen LogP contribution in [0.2, 0.25) is 10.0 Å². The molecular weight excluding hydrogens is 363 g/mol. The maximum atomic E-state index is 12.0. The molecule has 2 N–H and O–H groups in total. The van der Waals surface area contributed by atoms with Gasteiger partial charge in [0.15, 0.2) is 6.61 Å². The molecule has 25 heavy (non-hydrogen) atoms. The molecule has 0 unspecified atom stereocenters. The van der Waals surface area contributed by atoms with Crippen LogP contribution >= 0.6 is 23.2 Å². The molecule has 132 valence electrons. The normalized spacial score (nSPS) is 10.2. The Kier molecular flexibility index (Phi) is 7.10. The molecule has 0 saturated carbocycles. The van der Waals surface area contributed by atoms with E-state index < -0.39 is 5.91 Å². The van der Waals surface area contributed by atoms with Crippen molar-refractivity contribution < 1.29 is 14.3 Å². The molecule has 2 aromatic carbocycles. The van der Waals surface area contributed by atoms with Crippen molar-refractivity contribution in [2.75, 3.05) is 18.5 Å². The summed E-state index contributed by atoms with van der Waals surface area (Å²) in [7, 11) is 0. The van der Waals surface area contributed by atoms with Gasteiger partial charge in [0.2, 0.25) is 5.91 Å². The van der Waals surface area contributed by atoms with E-state index in [2.05, 4.69) is 10.6 Å². The maximum Gasteiger partial charge on any atom is 0.258 e. The Balaban J connectivity index is 1.79. The van der Waals surface area contributed by atoms with Crippen LogP contribution in [0.15, 0.2) is 42.5 Å². The molecule has 0 fully saturated rings. The van der Waals surface area contributed by atoms with E-state index in [0.29, 0.717) is 15.8 Å². The zero-order chi connectivity index (χ0) is 18.2. The van der Waals surface area contributed by atoms with Crippen molar-refractivity contribution in [3.8, 4) is 5.75 Å². The van der Waals surface area contributed by atoms with Crippen LogP contribution < -0.4 is 15.4 Å². The molecule has 0 heterocycles. The molecule has 0 radical (unpaired) electrons. The quantitative estimate of drug-likeness (QED) is 0.769. The van der Waals surface area contributed by atoms with E-state index in [9.17, 15) is 9.59 Å². The van der Waals surface area contributed by atoms with Gasteiger partial charge in [0.05, 0.1) is 11.6 Å². The van der Waals surface area contributed by atoms with Crippen molar-refractivity contribution in [3.05, 3.63) is 58.1 Å². The number of hydrogen-bond acceptors (Lipinski definition) is 3. The van der Waals surface area contributed by atoms with E-state index in [0.717, 1.165) is 17.7 Å². The fourth-order valence-corrected chi connectivity index (χ4v) is 2.44. The molecule has 0 spiro atoms. The molecule has 2 rings (SSSR count). The first-order valence-corrected chi connectivity index (χ1v) is 8.47. The second-order valence-corrected chi connectivity index (χ2v) is 6.04. The number of halogens is 2. The maximum absolute atomic E-state index is 12.0. The zero-order valence-corrected chi connectivity index (χ0v) is 15.2. The molecule has 0 bridgehead atoms. The van der Waals surface area contributed by atoms with E-state index in [1.807, 2.05) is 31.2 Å². The topological polar surface area (TPSA) is 67.4 Å². The Morgan fingerprint density at radius 3 is 2.60 bits per heavy atom. The lowest BCUT2D eigenvalue weighted by atomic mass is 10.1. The third-order valence-corrected chi connectivity index (χ3v) is 3.92. The first-order chi connectivity index (χ1) is 12.0. The standard InChI is InChI=1S/C18H18Cl2N2O3/c1-2-12-5-3-4-6-15(12)22-17(23)10-21-18(24)11-25-16-9-13(19)7-8-14(16)20/h3-9H,2,10-11H2,1H3,(H,21,24)(H,22,23). The van der Waals surface area contributed by atoms with Crippen LogP contribution in [-0.4, -0.2) is 25.0 Å². The van der Waals surface area contributed by atoms with Gasteiger partial charge in [-0.15, -0.1) is 0 Å². The Bertz CT molecular complexity index is 766. The van der Waals surface area contributed by atoms with Crippen LogP contribution in [-0.2, 0) is 16.0 Å². The van der Waals surface area contributed by atoms with Gasteiger partial charge in [-0.3, -0.25) is 9.59 Å². The average Bonchev–Trinajstić information content (AvgIpc) is 2.61. The van der Waals surface area contributed by atoms with E-state index in [-0.39, 0.29) is 19.1 Å². The number of rotatable bonds is 7. The highest BCUT2D eigenvalue weighted by atomic mass is 35.5. The molecule has 2 aromatic rings. The number of carbonyl (C=O) groups excluding carboxylic acids is 2. The highest BCUT2D eigenvalue weighted by Crippen LogP contribution is 2.27. The molecule has 5 nitrogen and oxygen atoms in total. The minimum atomic E-state index is -0.435. The monoisotopic (exact) mass is 380 g/mol. The summed E-state index contributed by atoms with van der Waals surface area (Å²) in [5.41, 5.74) is 1.77. The SMILES string of the molecule is CCc1ccccc1NC(=O)CNC(=O)COc1cc(Cl)ccc1Cl. The lowest BCUT2D eigenvalue weighted by Gasteiger charge is -2.11. The van der Waals surface area contributed by atoms with Crippen molar-refractivity contribution in [2.45, 2.75) is 13.3 Å². The number of amides is 2. The summed E-state index contributed by atoms with van der Waals surface area (Å²) in [5.74, 6) is -0.435. The predicted octanol–water partition coefficient (Wildman–Crippen LogP) is 3.69. The zero-order valence-electron chi connectivity index (χ0n) is 13.6. The number of benzene rings is 2. The van der Waals surface area contributed by atoms with Gasteiger partial charge in [-0.1, -0.05) is 48.3 Å². The molecule has 0 atom stereocenters. The molecular formula is C18H18Cl2N2O3. The van der Waals surface area contributed by atoms with Crippen molar-refractivity contribution >= 4 is 40.7 Å². The van der Waals surface area contributed by atoms with Crippen molar-refractivity contribution in [2.24, 2.45) is 0 Å². The fraction of sp³-hybridized carbons (Fsp3) is 0.222. The van der Waals surface area contributed by atoms with Gasteiger partial charge in [0.25, 0.3) is 5.91 Å². The summed E-state index contributed by atoms with van der Waals surface area (Å²) in [6.07, 6.45) is 0.803. The van der Waals surface area contributed by atoms with Gasteiger partial charge in [0.1, 0.15) is 5.75 Å². The molecule has 2 amide bonds. The highest BCUT2D eigenvalue weighted by Gasteiger charge is 2.10. The number of carbonyl (C=O) groups is 2. The van der Waals surface area contributed by atoms with Crippen LogP contribution in [0.4, 0.5) is 5.69 Å². The van der Waals surface area contributed by atoms with Gasteiger partial charge < -0.3 is 15.4 Å². The smallest absolute Gasteiger partial charge is 0.258 e. The van der Waals surface area contributed by atoms with E-state index in [4.69, 9.17) is 27.9 Å². The second-order valence-electron chi connectivity index (χ2n) is 5.20. The minimum absolute atomic E-state index is 0.149. The van der Waals surface area contributed by atoms with E-state index in [1.54, 1.807) is 12.1 Å². The number of hydrogen-bond donors (Lipinski definition) is 2. The molecule has 0 aliphatic heterocycles. The lowest BCUT2D eigenvalue weighted by Crippen LogP contribution is -2.35. The summed E-state index contributed by atoms with van der Waals surface area (Å²) in [6, 6.07) is 12.2. The van der Waals surface area contributed by atoms with Crippen LogP contribution in [0.1, 0.15) is 12.5 Å². The summed E-state index contributed by atoms with van der Waals surface area (Å²) in [5, 5.41) is 6.07. The number of ether oxygens (including phenoxy) is 1. The lowest BCUT2D eigenvalue weighted by molar-refractivity contribution is -0.125. The van der Waals surface area contributed by atoms with E-state index >= 15 is 0 Å². The number of para-hydroxylation sites is 1. The Labute approximate surface area is 156 Å². The van der Waals surface area contributed by atoms with Crippen LogP contribution in [0.5, 0.6) is 5.75 Å².